The van der Waals surface area contributed by atoms with Crippen molar-refractivity contribution in [1.29, 1.82) is 0 Å². The molecule has 1 N–H and O–H groups in total. The zero-order valence-corrected chi connectivity index (χ0v) is 8.00. The summed E-state index contributed by atoms with van der Waals surface area (Å²) in [6.07, 6.45) is 5.85. The van der Waals surface area contributed by atoms with Crippen LogP contribution in [-0.4, -0.2) is 5.11 Å². The minimum absolute atomic E-state index is 0.349. The van der Waals surface area contributed by atoms with Gasteiger partial charge >= 0.3 is 0 Å². The fraction of sp³-hybridized carbons (Fsp3) is 0.417. The van der Waals surface area contributed by atoms with Gasteiger partial charge in [-0.05, 0) is 30.5 Å². The molecule has 1 aromatic rings. The fourth-order valence-corrected chi connectivity index (χ4v) is 1.35. The van der Waals surface area contributed by atoms with E-state index in [1.54, 1.807) is 12.1 Å². The van der Waals surface area contributed by atoms with Gasteiger partial charge in [-0.1, -0.05) is 38.3 Å². The van der Waals surface area contributed by atoms with E-state index >= 15 is 0 Å². The van der Waals surface area contributed by atoms with E-state index in [0.29, 0.717) is 5.75 Å². The van der Waals surface area contributed by atoms with E-state index in [1.165, 1.54) is 24.8 Å². The van der Waals surface area contributed by atoms with Gasteiger partial charge in [-0.3, -0.25) is 0 Å². The molecule has 0 bridgehead atoms. The molecule has 0 heterocycles. The van der Waals surface area contributed by atoms with Crippen LogP contribution in [0.25, 0.3) is 0 Å². The lowest BCUT2D eigenvalue weighted by Crippen LogP contribution is -1.84. The zero-order chi connectivity index (χ0) is 9.52. The van der Waals surface area contributed by atoms with E-state index in [0.717, 1.165) is 12.8 Å². The first-order valence-electron chi connectivity index (χ1n) is 4.90. The molecule has 0 aromatic heterocycles. The molecule has 1 nitrogen and oxygen atoms in total. The van der Waals surface area contributed by atoms with Crippen LogP contribution in [0.2, 0.25) is 0 Å². The molecule has 0 fully saturated rings. The highest BCUT2D eigenvalue weighted by molar-refractivity contribution is 5.25. The number of phenolic OH excluding ortho intramolecular Hbond substituents is 1. The summed E-state index contributed by atoms with van der Waals surface area (Å²) in [6.45, 7) is 3.81. The highest BCUT2D eigenvalue weighted by atomic mass is 16.3. The first kappa shape index (κ1) is 10.1. The third-order valence-corrected chi connectivity index (χ3v) is 2.15. The van der Waals surface area contributed by atoms with Crippen LogP contribution in [0.4, 0.5) is 0 Å². The molecule has 0 amide bonds. The molecule has 0 spiro atoms. The third kappa shape index (κ3) is 3.97. The van der Waals surface area contributed by atoms with Gasteiger partial charge in [0.1, 0.15) is 5.75 Å². The van der Waals surface area contributed by atoms with Crippen molar-refractivity contribution in [2.24, 2.45) is 0 Å². The van der Waals surface area contributed by atoms with Crippen LogP contribution in [0.15, 0.2) is 24.3 Å². The Bertz CT molecular complexity index is 225. The molecule has 1 radical (unpaired) electrons. The van der Waals surface area contributed by atoms with Gasteiger partial charge < -0.3 is 5.11 Å². The monoisotopic (exact) mass is 177 g/mol. The Morgan fingerprint density at radius 1 is 1.00 bits per heavy atom. The Balaban J connectivity index is 2.25. The van der Waals surface area contributed by atoms with Gasteiger partial charge in [0.15, 0.2) is 0 Å². The van der Waals surface area contributed by atoms with Crippen LogP contribution < -0.4 is 0 Å². The molecule has 0 saturated carbocycles. The minimum Gasteiger partial charge on any atom is -0.508 e. The Kier molecular flexibility index (Phi) is 4.37. The van der Waals surface area contributed by atoms with Crippen LogP contribution in [0.3, 0.4) is 0 Å². The summed E-state index contributed by atoms with van der Waals surface area (Å²) >= 11 is 0. The summed E-state index contributed by atoms with van der Waals surface area (Å²) in [7, 11) is 0. The maximum absolute atomic E-state index is 9.06. The molecule has 1 aromatic carbocycles. The molecular formula is C12H17O. The summed E-state index contributed by atoms with van der Waals surface area (Å²) < 4.78 is 0. The molecule has 0 aliphatic rings. The zero-order valence-electron chi connectivity index (χ0n) is 8.00. The standard InChI is InChI=1S/C12H17O/c1-2-3-4-5-6-11-7-9-12(13)10-8-11/h7-10,13H,1-6H2. The maximum atomic E-state index is 9.06. The largest absolute Gasteiger partial charge is 0.508 e. The molecular weight excluding hydrogens is 160 g/mol. The minimum atomic E-state index is 0.349. The van der Waals surface area contributed by atoms with Gasteiger partial charge in [0.25, 0.3) is 0 Å². The Labute approximate surface area is 80.4 Å². The number of benzene rings is 1. The molecule has 0 saturated heterocycles. The number of phenols is 1. The van der Waals surface area contributed by atoms with Gasteiger partial charge in [0.2, 0.25) is 0 Å². The number of unbranched alkanes of at least 4 members (excludes halogenated alkanes) is 3. The second-order valence-electron chi connectivity index (χ2n) is 3.33. The van der Waals surface area contributed by atoms with Crippen molar-refractivity contribution in [1.82, 2.24) is 0 Å². The van der Waals surface area contributed by atoms with E-state index < -0.39 is 0 Å². The second kappa shape index (κ2) is 5.63. The summed E-state index contributed by atoms with van der Waals surface area (Å²) in [6, 6.07) is 7.46. The van der Waals surface area contributed by atoms with Gasteiger partial charge in [-0.25, -0.2) is 0 Å². The van der Waals surface area contributed by atoms with Crippen molar-refractivity contribution < 1.29 is 5.11 Å². The molecule has 0 atom stereocenters. The maximum Gasteiger partial charge on any atom is 0.115 e. The lowest BCUT2D eigenvalue weighted by Gasteiger charge is -2.00. The normalized spacial score (nSPS) is 10.2. The highest BCUT2D eigenvalue weighted by Crippen LogP contribution is 2.12. The van der Waals surface area contributed by atoms with E-state index in [-0.39, 0.29) is 0 Å². The van der Waals surface area contributed by atoms with Gasteiger partial charge in [-0.15, -0.1) is 0 Å². The van der Waals surface area contributed by atoms with E-state index in [4.69, 9.17) is 5.11 Å². The smallest absolute Gasteiger partial charge is 0.115 e. The van der Waals surface area contributed by atoms with Crippen LogP contribution in [0.5, 0.6) is 5.75 Å². The third-order valence-electron chi connectivity index (χ3n) is 2.15. The second-order valence-corrected chi connectivity index (χ2v) is 3.33. The van der Waals surface area contributed by atoms with E-state index in [2.05, 4.69) is 6.92 Å². The van der Waals surface area contributed by atoms with Crippen LogP contribution in [-0.2, 0) is 6.42 Å². The summed E-state index contributed by atoms with van der Waals surface area (Å²) in [5.74, 6) is 0.349. The Hall–Kier alpha value is -0.980. The topological polar surface area (TPSA) is 20.2 Å². The fourth-order valence-electron chi connectivity index (χ4n) is 1.35. The lowest BCUT2D eigenvalue weighted by molar-refractivity contribution is 0.475. The van der Waals surface area contributed by atoms with E-state index in [1.807, 2.05) is 12.1 Å². The van der Waals surface area contributed by atoms with Crippen LogP contribution in [0.1, 0.15) is 31.2 Å². The van der Waals surface area contributed by atoms with Crippen molar-refractivity contribution in [3.63, 3.8) is 0 Å². The summed E-state index contributed by atoms with van der Waals surface area (Å²) in [5, 5.41) is 9.06. The molecule has 1 heteroatoms. The number of hydrogen-bond acceptors (Lipinski definition) is 1. The van der Waals surface area contributed by atoms with Crippen LogP contribution >= 0.6 is 0 Å². The van der Waals surface area contributed by atoms with Crippen molar-refractivity contribution in [2.75, 3.05) is 0 Å². The van der Waals surface area contributed by atoms with Crippen molar-refractivity contribution in [3.8, 4) is 5.75 Å². The first-order chi connectivity index (χ1) is 6.33. The summed E-state index contributed by atoms with van der Waals surface area (Å²) in [4.78, 5) is 0. The van der Waals surface area contributed by atoms with Crippen molar-refractivity contribution >= 4 is 0 Å². The highest BCUT2D eigenvalue weighted by Gasteiger charge is 1.93. The molecule has 0 aliphatic heterocycles. The quantitative estimate of drug-likeness (QED) is 0.684. The average molecular weight is 177 g/mol. The van der Waals surface area contributed by atoms with Gasteiger partial charge in [-0.2, -0.15) is 0 Å². The van der Waals surface area contributed by atoms with Gasteiger partial charge in [0, 0.05) is 0 Å². The molecule has 1 rings (SSSR count). The van der Waals surface area contributed by atoms with Crippen molar-refractivity contribution in [2.45, 2.75) is 32.1 Å². The number of rotatable bonds is 5. The van der Waals surface area contributed by atoms with Gasteiger partial charge in [0.05, 0.1) is 0 Å². The summed E-state index contributed by atoms with van der Waals surface area (Å²) in [5.41, 5.74) is 1.31. The predicted octanol–water partition coefficient (Wildman–Crippen LogP) is 3.33. The van der Waals surface area contributed by atoms with Crippen LogP contribution in [0, 0.1) is 6.92 Å². The average Bonchev–Trinajstić information content (AvgIpc) is 2.15. The number of hydrogen-bond donors (Lipinski definition) is 1. The molecule has 0 unspecified atom stereocenters. The van der Waals surface area contributed by atoms with Crippen molar-refractivity contribution in [3.05, 3.63) is 36.8 Å². The van der Waals surface area contributed by atoms with E-state index in [9.17, 15) is 0 Å². The molecule has 71 valence electrons. The Morgan fingerprint density at radius 3 is 2.31 bits per heavy atom. The number of aromatic hydroxyl groups is 1. The predicted molar refractivity (Wildman–Crippen MR) is 55.6 cm³/mol. The first-order valence-corrected chi connectivity index (χ1v) is 4.90. The lowest BCUT2D eigenvalue weighted by atomic mass is 10.1. The molecule has 13 heavy (non-hydrogen) atoms. The number of aryl methyl sites for hydroxylation is 1. The molecule has 0 aliphatic carbocycles. The Morgan fingerprint density at radius 2 is 1.69 bits per heavy atom. The SMILES string of the molecule is [CH2]CCCCCc1ccc(O)cc1.